The number of rotatable bonds is 7. The molecule has 1 N–H and O–H groups in total. The number of ether oxygens (including phenoxy) is 1. The van der Waals surface area contributed by atoms with Crippen molar-refractivity contribution in [3.63, 3.8) is 0 Å². The molecule has 0 radical (unpaired) electrons. The van der Waals surface area contributed by atoms with Gasteiger partial charge in [-0.05, 0) is 50.2 Å². The number of halogens is 1. The SMILES string of the molecule is Cc1ccc(OC[C@H](C)NC(=O)CSc2ccc(Cl)cc2)cc1. The van der Waals surface area contributed by atoms with Gasteiger partial charge in [0.05, 0.1) is 11.8 Å². The Balaban J connectivity index is 1.69. The van der Waals surface area contributed by atoms with Crippen molar-refractivity contribution in [3.8, 4) is 5.75 Å². The number of hydrogen-bond acceptors (Lipinski definition) is 3. The van der Waals surface area contributed by atoms with Crippen molar-refractivity contribution in [2.45, 2.75) is 24.8 Å². The molecule has 1 atom stereocenters. The second kappa shape index (κ2) is 8.85. The van der Waals surface area contributed by atoms with Crippen LogP contribution in [0.25, 0.3) is 0 Å². The number of carbonyl (C=O) groups excluding carboxylic acids is 1. The van der Waals surface area contributed by atoms with E-state index < -0.39 is 0 Å². The van der Waals surface area contributed by atoms with Crippen LogP contribution in [0.5, 0.6) is 5.75 Å². The Morgan fingerprint density at radius 3 is 2.48 bits per heavy atom. The van der Waals surface area contributed by atoms with E-state index in [0.29, 0.717) is 17.4 Å². The van der Waals surface area contributed by atoms with Gasteiger partial charge in [0.2, 0.25) is 5.91 Å². The number of amides is 1. The Hall–Kier alpha value is -1.65. The molecule has 1 amide bonds. The molecule has 0 heterocycles. The monoisotopic (exact) mass is 349 g/mol. The molecule has 0 saturated carbocycles. The van der Waals surface area contributed by atoms with Crippen LogP contribution < -0.4 is 10.1 Å². The van der Waals surface area contributed by atoms with Crippen LogP contribution in [-0.4, -0.2) is 24.3 Å². The minimum absolute atomic E-state index is 0.00930. The lowest BCUT2D eigenvalue weighted by molar-refractivity contribution is -0.119. The van der Waals surface area contributed by atoms with Gasteiger partial charge in [-0.25, -0.2) is 0 Å². The molecule has 0 aliphatic rings. The van der Waals surface area contributed by atoms with Crippen molar-refractivity contribution < 1.29 is 9.53 Å². The first-order valence-electron chi connectivity index (χ1n) is 7.40. The zero-order chi connectivity index (χ0) is 16.7. The van der Waals surface area contributed by atoms with Crippen LogP contribution in [0.15, 0.2) is 53.4 Å². The third kappa shape index (κ3) is 6.55. The maximum atomic E-state index is 11.9. The zero-order valence-electron chi connectivity index (χ0n) is 13.2. The Morgan fingerprint density at radius 1 is 1.17 bits per heavy atom. The average molecular weight is 350 g/mol. The van der Waals surface area contributed by atoms with Crippen LogP contribution in [0.2, 0.25) is 5.02 Å². The van der Waals surface area contributed by atoms with Gasteiger partial charge >= 0.3 is 0 Å². The molecule has 0 spiro atoms. The second-order valence-corrected chi connectivity index (χ2v) is 6.82. The van der Waals surface area contributed by atoms with Gasteiger partial charge in [-0.3, -0.25) is 4.79 Å². The maximum absolute atomic E-state index is 11.9. The third-order valence-corrected chi connectivity index (χ3v) is 4.38. The van der Waals surface area contributed by atoms with E-state index in [2.05, 4.69) is 5.32 Å². The topological polar surface area (TPSA) is 38.3 Å². The predicted molar refractivity (Wildman–Crippen MR) is 96.5 cm³/mol. The highest BCUT2D eigenvalue weighted by molar-refractivity contribution is 8.00. The zero-order valence-corrected chi connectivity index (χ0v) is 14.8. The van der Waals surface area contributed by atoms with E-state index in [1.807, 2.05) is 62.4 Å². The van der Waals surface area contributed by atoms with Gasteiger partial charge in [0.15, 0.2) is 0 Å². The number of carbonyl (C=O) groups is 1. The highest BCUT2D eigenvalue weighted by atomic mass is 35.5. The molecule has 0 fully saturated rings. The van der Waals surface area contributed by atoms with E-state index in [-0.39, 0.29) is 11.9 Å². The number of thioether (sulfide) groups is 1. The molecule has 2 aromatic carbocycles. The van der Waals surface area contributed by atoms with Gasteiger partial charge in [-0.1, -0.05) is 29.3 Å². The van der Waals surface area contributed by atoms with Gasteiger partial charge in [0, 0.05) is 9.92 Å². The molecular weight excluding hydrogens is 330 g/mol. The summed E-state index contributed by atoms with van der Waals surface area (Å²) in [6.45, 7) is 4.41. The number of nitrogens with one attached hydrogen (secondary N) is 1. The van der Waals surface area contributed by atoms with Gasteiger partial charge in [0.25, 0.3) is 0 Å². The van der Waals surface area contributed by atoms with E-state index >= 15 is 0 Å². The van der Waals surface area contributed by atoms with Crippen molar-refractivity contribution in [3.05, 3.63) is 59.1 Å². The summed E-state index contributed by atoms with van der Waals surface area (Å²) in [5.74, 6) is 1.17. The Bertz CT molecular complexity index is 628. The summed E-state index contributed by atoms with van der Waals surface area (Å²) in [4.78, 5) is 13.0. The lowest BCUT2D eigenvalue weighted by atomic mass is 10.2. The summed E-state index contributed by atoms with van der Waals surface area (Å²) in [5.41, 5.74) is 1.19. The first-order chi connectivity index (χ1) is 11.0. The van der Waals surface area contributed by atoms with Gasteiger partial charge in [-0.15, -0.1) is 11.8 Å². The fourth-order valence-electron chi connectivity index (χ4n) is 1.89. The van der Waals surface area contributed by atoms with Crippen LogP contribution in [-0.2, 0) is 4.79 Å². The lowest BCUT2D eigenvalue weighted by Gasteiger charge is -2.15. The minimum Gasteiger partial charge on any atom is -0.491 e. The highest BCUT2D eigenvalue weighted by Crippen LogP contribution is 2.20. The molecule has 2 aromatic rings. The maximum Gasteiger partial charge on any atom is 0.230 e. The largest absolute Gasteiger partial charge is 0.491 e. The van der Waals surface area contributed by atoms with Gasteiger partial charge in [-0.2, -0.15) is 0 Å². The summed E-state index contributed by atoms with van der Waals surface area (Å²) in [6.07, 6.45) is 0. The predicted octanol–water partition coefficient (Wildman–Crippen LogP) is 4.32. The van der Waals surface area contributed by atoms with E-state index in [9.17, 15) is 4.79 Å². The lowest BCUT2D eigenvalue weighted by Crippen LogP contribution is -2.37. The van der Waals surface area contributed by atoms with Crippen LogP contribution >= 0.6 is 23.4 Å². The van der Waals surface area contributed by atoms with Crippen molar-refractivity contribution in [1.82, 2.24) is 5.32 Å². The summed E-state index contributed by atoms with van der Waals surface area (Å²) in [7, 11) is 0. The second-order valence-electron chi connectivity index (χ2n) is 5.34. The number of benzene rings is 2. The molecule has 0 aliphatic carbocycles. The van der Waals surface area contributed by atoms with Crippen LogP contribution in [0.1, 0.15) is 12.5 Å². The molecule has 5 heteroatoms. The standard InChI is InChI=1S/C18H20ClNO2S/c1-13-3-7-16(8-4-13)22-11-14(2)20-18(21)12-23-17-9-5-15(19)6-10-17/h3-10,14H,11-12H2,1-2H3,(H,20,21)/t14-/m0/s1. The van der Waals surface area contributed by atoms with Gasteiger partial charge < -0.3 is 10.1 Å². The fourth-order valence-corrected chi connectivity index (χ4v) is 2.73. The average Bonchev–Trinajstić information content (AvgIpc) is 2.54. The quantitative estimate of drug-likeness (QED) is 0.756. The molecule has 0 saturated heterocycles. The molecule has 0 unspecified atom stereocenters. The van der Waals surface area contributed by atoms with Crippen LogP contribution in [0.4, 0.5) is 0 Å². The Labute approximate surface area is 146 Å². The van der Waals surface area contributed by atoms with Crippen molar-refractivity contribution in [2.75, 3.05) is 12.4 Å². The van der Waals surface area contributed by atoms with Crippen molar-refractivity contribution in [1.29, 1.82) is 0 Å². The summed E-state index contributed by atoms with van der Waals surface area (Å²) >= 11 is 7.32. The molecule has 2 rings (SSSR count). The Morgan fingerprint density at radius 2 is 1.83 bits per heavy atom. The molecule has 0 aliphatic heterocycles. The number of aryl methyl sites for hydroxylation is 1. The molecule has 0 bridgehead atoms. The van der Waals surface area contributed by atoms with E-state index in [4.69, 9.17) is 16.3 Å². The molecular formula is C18H20ClNO2S. The summed E-state index contributed by atoms with van der Waals surface area (Å²) in [6, 6.07) is 15.3. The van der Waals surface area contributed by atoms with E-state index in [1.165, 1.54) is 17.3 Å². The number of hydrogen-bond donors (Lipinski definition) is 1. The third-order valence-electron chi connectivity index (χ3n) is 3.11. The van der Waals surface area contributed by atoms with E-state index in [0.717, 1.165) is 10.6 Å². The fraction of sp³-hybridized carbons (Fsp3) is 0.278. The smallest absolute Gasteiger partial charge is 0.230 e. The Kier molecular flexibility index (Phi) is 6.81. The molecule has 0 aromatic heterocycles. The summed E-state index contributed by atoms with van der Waals surface area (Å²) in [5, 5.41) is 3.63. The van der Waals surface area contributed by atoms with Gasteiger partial charge in [0.1, 0.15) is 12.4 Å². The normalized spacial score (nSPS) is 11.8. The van der Waals surface area contributed by atoms with E-state index in [1.54, 1.807) is 0 Å². The van der Waals surface area contributed by atoms with Crippen LogP contribution in [0, 0.1) is 6.92 Å². The first-order valence-corrected chi connectivity index (χ1v) is 8.76. The molecule has 3 nitrogen and oxygen atoms in total. The minimum atomic E-state index is -0.0466. The molecule has 122 valence electrons. The highest BCUT2D eigenvalue weighted by Gasteiger charge is 2.09. The van der Waals surface area contributed by atoms with Crippen molar-refractivity contribution in [2.24, 2.45) is 0 Å². The van der Waals surface area contributed by atoms with Crippen LogP contribution in [0.3, 0.4) is 0 Å². The van der Waals surface area contributed by atoms with Crippen molar-refractivity contribution >= 4 is 29.3 Å². The first kappa shape index (κ1) is 17.7. The molecule has 23 heavy (non-hydrogen) atoms. The summed E-state index contributed by atoms with van der Waals surface area (Å²) < 4.78 is 5.66.